The smallest absolute Gasteiger partial charge is 0.220 e. The summed E-state index contributed by atoms with van der Waals surface area (Å²) in [4.78, 5) is 13.9. The van der Waals surface area contributed by atoms with Crippen LogP contribution in [0.15, 0.2) is 0 Å². The number of rotatable bonds is 5. The lowest BCUT2D eigenvalue weighted by molar-refractivity contribution is -0.121. The van der Waals surface area contributed by atoms with E-state index in [1.165, 1.54) is 19.4 Å². The number of carbonyl (C=O) groups is 1. The predicted molar refractivity (Wildman–Crippen MR) is 75.5 cm³/mol. The SMILES string of the molecule is CN1CCCC(C(C)(C)CNC(=O)CCS)C1. The van der Waals surface area contributed by atoms with Crippen molar-refractivity contribution >= 4 is 18.5 Å². The van der Waals surface area contributed by atoms with Gasteiger partial charge in [0.25, 0.3) is 0 Å². The van der Waals surface area contributed by atoms with Gasteiger partial charge in [-0.25, -0.2) is 0 Å². The third-order valence-electron chi connectivity index (χ3n) is 3.81. The molecule has 1 unspecified atom stereocenters. The quantitative estimate of drug-likeness (QED) is 0.737. The molecule has 1 aliphatic heterocycles. The molecule has 0 aromatic carbocycles. The Labute approximate surface area is 111 Å². The maximum absolute atomic E-state index is 11.5. The van der Waals surface area contributed by atoms with Crippen molar-refractivity contribution in [3.63, 3.8) is 0 Å². The number of likely N-dealkylation sites (tertiary alicyclic amines) is 1. The number of thiol groups is 1. The molecule has 0 radical (unpaired) electrons. The molecule has 0 aromatic rings. The molecule has 1 fully saturated rings. The van der Waals surface area contributed by atoms with Crippen molar-refractivity contribution in [2.75, 3.05) is 32.4 Å². The number of amides is 1. The first kappa shape index (κ1) is 14.8. The van der Waals surface area contributed by atoms with Crippen LogP contribution in [0.25, 0.3) is 0 Å². The molecular weight excluding hydrogens is 232 g/mol. The lowest BCUT2D eigenvalue weighted by Crippen LogP contribution is -2.45. The van der Waals surface area contributed by atoms with Gasteiger partial charge in [-0.3, -0.25) is 4.79 Å². The van der Waals surface area contributed by atoms with E-state index < -0.39 is 0 Å². The summed E-state index contributed by atoms with van der Waals surface area (Å²) in [5.41, 5.74) is 0.181. The van der Waals surface area contributed by atoms with Gasteiger partial charge in [-0.15, -0.1) is 0 Å². The van der Waals surface area contributed by atoms with Crippen molar-refractivity contribution in [1.29, 1.82) is 0 Å². The Morgan fingerprint density at radius 3 is 2.82 bits per heavy atom. The van der Waals surface area contributed by atoms with Gasteiger partial charge < -0.3 is 10.2 Å². The molecule has 0 saturated carbocycles. The van der Waals surface area contributed by atoms with Gasteiger partial charge in [-0.2, -0.15) is 12.6 Å². The van der Waals surface area contributed by atoms with E-state index in [2.05, 4.69) is 43.7 Å². The minimum atomic E-state index is 0.122. The van der Waals surface area contributed by atoms with Crippen LogP contribution in [0.2, 0.25) is 0 Å². The normalized spacial score (nSPS) is 22.5. The fraction of sp³-hybridized carbons (Fsp3) is 0.923. The molecule has 4 heteroatoms. The molecular formula is C13H26N2OS. The largest absolute Gasteiger partial charge is 0.356 e. The molecule has 1 rings (SSSR count). The molecule has 0 aliphatic carbocycles. The number of hydrogen-bond acceptors (Lipinski definition) is 3. The molecule has 1 aliphatic rings. The zero-order valence-corrected chi connectivity index (χ0v) is 12.2. The van der Waals surface area contributed by atoms with E-state index in [0.717, 1.165) is 13.1 Å². The number of carbonyl (C=O) groups excluding carboxylic acids is 1. The summed E-state index contributed by atoms with van der Waals surface area (Å²) in [6.45, 7) is 7.65. The lowest BCUT2D eigenvalue weighted by Gasteiger charge is -2.40. The molecule has 100 valence electrons. The zero-order chi connectivity index (χ0) is 12.9. The van der Waals surface area contributed by atoms with E-state index in [9.17, 15) is 4.79 Å². The van der Waals surface area contributed by atoms with Gasteiger partial charge >= 0.3 is 0 Å². The topological polar surface area (TPSA) is 32.3 Å². The number of hydrogen-bond donors (Lipinski definition) is 2. The Kier molecular flexibility index (Phi) is 5.80. The second-order valence-corrected chi connectivity index (χ2v) is 6.29. The van der Waals surface area contributed by atoms with E-state index in [-0.39, 0.29) is 11.3 Å². The van der Waals surface area contributed by atoms with Crippen LogP contribution in [0.4, 0.5) is 0 Å². The van der Waals surface area contributed by atoms with Gasteiger partial charge in [0, 0.05) is 19.5 Å². The third kappa shape index (κ3) is 4.88. The first-order valence-corrected chi connectivity index (χ1v) is 7.15. The Balaban J connectivity index is 2.41. The van der Waals surface area contributed by atoms with Crippen LogP contribution in [0, 0.1) is 11.3 Å². The summed E-state index contributed by atoms with van der Waals surface area (Å²) in [7, 11) is 2.18. The van der Waals surface area contributed by atoms with Crippen molar-refractivity contribution in [3.05, 3.63) is 0 Å². The van der Waals surface area contributed by atoms with E-state index in [0.29, 0.717) is 18.1 Å². The van der Waals surface area contributed by atoms with Gasteiger partial charge in [0.2, 0.25) is 5.91 Å². The van der Waals surface area contributed by atoms with Crippen molar-refractivity contribution < 1.29 is 4.79 Å². The molecule has 3 nitrogen and oxygen atoms in total. The molecule has 1 amide bonds. The van der Waals surface area contributed by atoms with Gasteiger partial charge in [0.1, 0.15) is 0 Å². The fourth-order valence-electron chi connectivity index (χ4n) is 2.46. The highest BCUT2D eigenvalue weighted by Crippen LogP contribution is 2.32. The zero-order valence-electron chi connectivity index (χ0n) is 11.3. The Morgan fingerprint density at radius 1 is 1.53 bits per heavy atom. The molecule has 1 saturated heterocycles. The van der Waals surface area contributed by atoms with Crippen molar-refractivity contribution in [1.82, 2.24) is 10.2 Å². The summed E-state index contributed by atoms with van der Waals surface area (Å²) < 4.78 is 0. The van der Waals surface area contributed by atoms with E-state index in [1.807, 2.05) is 0 Å². The van der Waals surface area contributed by atoms with Gasteiger partial charge in [-0.05, 0) is 43.5 Å². The highest BCUT2D eigenvalue weighted by molar-refractivity contribution is 7.80. The van der Waals surface area contributed by atoms with Crippen LogP contribution in [0.5, 0.6) is 0 Å². The molecule has 0 aromatic heterocycles. The van der Waals surface area contributed by atoms with Gasteiger partial charge in [0.05, 0.1) is 0 Å². The van der Waals surface area contributed by atoms with Crippen LogP contribution in [0.1, 0.15) is 33.1 Å². The Morgan fingerprint density at radius 2 is 2.24 bits per heavy atom. The Bertz CT molecular complexity index is 256. The monoisotopic (exact) mass is 258 g/mol. The average Bonchev–Trinajstić information content (AvgIpc) is 2.27. The maximum atomic E-state index is 11.5. The molecule has 1 heterocycles. The lowest BCUT2D eigenvalue weighted by atomic mass is 9.74. The summed E-state index contributed by atoms with van der Waals surface area (Å²) >= 11 is 4.07. The molecule has 0 bridgehead atoms. The summed E-state index contributed by atoms with van der Waals surface area (Å²) in [6, 6.07) is 0. The van der Waals surface area contributed by atoms with Gasteiger partial charge in [0.15, 0.2) is 0 Å². The number of nitrogens with zero attached hydrogens (tertiary/aromatic N) is 1. The van der Waals surface area contributed by atoms with E-state index >= 15 is 0 Å². The first-order valence-electron chi connectivity index (χ1n) is 6.52. The summed E-state index contributed by atoms with van der Waals surface area (Å²) in [6.07, 6.45) is 3.07. The van der Waals surface area contributed by atoms with Crippen molar-refractivity contribution in [2.24, 2.45) is 11.3 Å². The summed E-state index contributed by atoms with van der Waals surface area (Å²) in [5.74, 6) is 1.42. The standard InChI is InChI=1S/C13H26N2OS/c1-13(2,10-14-12(16)6-8-17)11-5-4-7-15(3)9-11/h11,17H,4-10H2,1-3H3,(H,14,16). The molecule has 17 heavy (non-hydrogen) atoms. The van der Waals surface area contributed by atoms with E-state index in [4.69, 9.17) is 0 Å². The average molecular weight is 258 g/mol. The second kappa shape index (κ2) is 6.64. The summed E-state index contributed by atoms with van der Waals surface area (Å²) in [5, 5.41) is 3.03. The Hall–Kier alpha value is -0.220. The van der Waals surface area contributed by atoms with Crippen LogP contribution < -0.4 is 5.32 Å². The predicted octanol–water partition coefficient (Wildman–Crippen LogP) is 1.79. The van der Waals surface area contributed by atoms with E-state index in [1.54, 1.807) is 0 Å². The highest BCUT2D eigenvalue weighted by atomic mass is 32.1. The highest BCUT2D eigenvalue weighted by Gasteiger charge is 2.32. The molecule has 0 spiro atoms. The second-order valence-electron chi connectivity index (χ2n) is 5.84. The minimum Gasteiger partial charge on any atom is -0.356 e. The van der Waals surface area contributed by atoms with Gasteiger partial charge in [-0.1, -0.05) is 13.8 Å². The van der Waals surface area contributed by atoms with Crippen LogP contribution >= 0.6 is 12.6 Å². The molecule has 1 atom stereocenters. The van der Waals surface area contributed by atoms with Crippen molar-refractivity contribution in [2.45, 2.75) is 33.1 Å². The maximum Gasteiger partial charge on any atom is 0.220 e. The molecule has 1 N–H and O–H groups in total. The van der Waals surface area contributed by atoms with Crippen LogP contribution in [-0.4, -0.2) is 43.2 Å². The number of piperidine rings is 1. The first-order chi connectivity index (χ1) is 7.95. The number of nitrogens with one attached hydrogen (secondary N) is 1. The third-order valence-corrected chi connectivity index (χ3v) is 4.03. The van der Waals surface area contributed by atoms with Crippen LogP contribution in [0.3, 0.4) is 0 Å². The minimum absolute atomic E-state index is 0.122. The fourth-order valence-corrected chi connectivity index (χ4v) is 2.67. The van der Waals surface area contributed by atoms with Crippen molar-refractivity contribution in [3.8, 4) is 0 Å². The van der Waals surface area contributed by atoms with Crippen LogP contribution in [-0.2, 0) is 4.79 Å².